The van der Waals surface area contributed by atoms with Gasteiger partial charge in [0.1, 0.15) is 0 Å². The SMILES string of the molecule is CCC(C)[CH-]C(C)CC.[Li+]. The zero-order valence-corrected chi connectivity index (χ0v) is 8.15. The van der Waals surface area contributed by atoms with E-state index < -0.39 is 0 Å². The molecule has 0 aromatic rings. The average Bonchev–Trinajstić information content (AvgIpc) is 1.87. The summed E-state index contributed by atoms with van der Waals surface area (Å²) in [6.07, 6.45) is 5.01. The van der Waals surface area contributed by atoms with E-state index in [0.717, 1.165) is 11.8 Å². The molecule has 2 unspecified atom stereocenters. The predicted molar refractivity (Wildman–Crippen MR) is 43.2 cm³/mol. The van der Waals surface area contributed by atoms with Gasteiger partial charge in [0.15, 0.2) is 0 Å². The standard InChI is InChI=1S/C9H19.Li/c1-5-8(3)7-9(4)6-2;/h7-9H,5-6H2,1-4H3;/q-1;+1. The molecule has 0 bridgehead atoms. The Kier molecular flexibility index (Phi) is 10.2. The van der Waals surface area contributed by atoms with Gasteiger partial charge in [0, 0.05) is 0 Å². The van der Waals surface area contributed by atoms with Crippen LogP contribution in [0, 0.1) is 18.3 Å². The third-order valence-electron chi connectivity index (χ3n) is 1.94. The van der Waals surface area contributed by atoms with Crippen LogP contribution >= 0.6 is 0 Å². The van der Waals surface area contributed by atoms with Crippen LogP contribution in [0.4, 0.5) is 0 Å². The van der Waals surface area contributed by atoms with E-state index in [-0.39, 0.29) is 18.9 Å². The number of hydrogen-bond acceptors (Lipinski definition) is 0. The van der Waals surface area contributed by atoms with Gasteiger partial charge in [0.2, 0.25) is 0 Å². The Hall–Kier alpha value is 0.597. The van der Waals surface area contributed by atoms with Crippen molar-refractivity contribution in [2.45, 2.75) is 40.5 Å². The van der Waals surface area contributed by atoms with Crippen LogP contribution in [0.15, 0.2) is 0 Å². The van der Waals surface area contributed by atoms with E-state index in [0.29, 0.717) is 0 Å². The van der Waals surface area contributed by atoms with Gasteiger partial charge in [-0.25, -0.2) is 0 Å². The largest absolute Gasteiger partial charge is 1.00 e. The molecule has 56 valence electrons. The second-order valence-electron chi connectivity index (χ2n) is 2.96. The van der Waals surface area contributed by atoms with Crippen LogP contribution in [0.3, 0.4) is 0 Å². The second-order valence-corrected chi connectivity index (χ2v) is 2.96. The van der Waals surface area contributed by atoms with Crippen molar-refractivity contribution >= 4 is 0 Å². The fourth-order valence-corrected chi connectivity index (χ4v) is 0.833. The van der Waals surface area contributed by atoms with E-state index in [1.54, 1.807) is 0 Å². The summed E-state index contributed by atoms with van der Waals surface area (Å²) in [4.78, 5) is 0. The quantitative estimate of drug-likeness (QED) is 0.383. The minimum Gasteiger partial charge on any atom is -0.323 e. The van der Waals surface area contributed by atoms with Gasteiger partial charge in [-0.2, -0.15) is 11.8 Å². The first-order chi connectivity index (χ1) is 4.20. The van der Waals surface area contributed by atoms with Crippen LogP contribution < -0.4 is 18.9 Å². The Labute approximate surface area is 78.0 Å². The molecule has 1 heteroatoms. The zero-order valence-electron chi connectivity index (χ0n) is 8.15. The topological polar surface area (TPSA) is 0 Å². The van der Waals surface area contributed by atoms with E-state index in [9.17, 15) is 0 Å². The van der Waals surface area contributed by atoms with Crippen LogP contribution in [-0.2, 0) is 0 Å². The molecule has 0 fully saturated rings. The normalized spacial score (nSPS) is 15.6. The summed E-state index contributed by atoms with van der Waals surface area (Å²) < 4.78 is 0. The van der Waals surface area contributed by atoms with E-state index in [2.05, 4.69) is 34.1 Å². The maximum atomic E-state index is 2.44. The van der Waals surface area contributed by atoms with Crippen molar-refractivity contribution in [2.24, 2.45) is 11.8 Å². The van der Waals surface area contributed by atoms with Crippen LogP contribution in [0.25, 0.3) is 0 Å². The van der Waals surface area contributed by atoms with Gasteiger partial charge < -0.3 is 6.42 Å². The molecule has 0 spiro atoms. The summed E-state index contributed by atoms with van der Waals surface area (Å²) in [5.41, 5.74) is 0. The monoisotopic (exact) mass is 134 g/mol. The molecular weight excluding hydrogens is 115 g/mol. The smallest absolute Gasteiger partial charge is 0.323 e. The van der Waals surface area contributed by atoms with Crippen LogP contribution in [0.2, 0.25) is 0 Å². The third kappa shape index (κ3) is 6.71. The van der Waals surface area contributed by atoms with Crippen molar-refractivity contribution in [3.05, 3.63) is 6.42 Å². The van der Waals surface area contributed by atoms with Crippen LogP contribution in [-0.4, -0.2) is 0 Å². The molecule has 2 atom stereocenters. The van der Waals surface area contributed by atoms with Gasteiger partial charge in [-0.15, -0.1) is 0 Å². The fraction of sp³-hybridized carbons (Fsp3) is 0.889. The molecule has 0 aliphatic rings. The fourth-order valence-electron chi connectivity index (χ4n) is 0.833. The minimum atomic E-state index is 0. The summed E-state index contributed by atoms with van der Waals surface area (Å²) >= 11 is 0. The molecule has 10 heavy (non-hydrogen) atoms. The zero-order chi connectivity index (χ0) is 7.28. The summed E-state index contributed by atoms with van der Waals surface area (Å²) in [5.74, 6) is 1.61. The molecule has 0 rings (SSSR count). The first-order valence-electron chi connectivity index (χ1n) is 4.05. The van der Waals surface area contributed by atoms with Gasteiger partial charge in [0.05, 0.1) is 0 Å². The van der Waals surface area contributed by atoms with Crippen molar-refractivity contribution in [3.63, 3.8) is 0 Å². The summed E-state index contributed by atoms with van der Waals surface area (Å²) in [5, 5.41) is 0. The molecule has 0 radical (unpaired) electrons. The average molecular weight is 134 g/mol. The van der Waals surface area contributed by atoms with Crippen molar-refractivity contribution in [1.82, 2.24) is 0 Å². The molecule has 0 N–H and O–H groups in total. The molecule has 0 aliphatic carbocycles. The predicted octanol–water partition coefficient (Wildman–Crippen LogP) is 0.287. The van der Waals surface area contributed by atoms with Gasteiger partial charge >= 0.3 is 18.9 Å². The Morgan fingerprint density at radius 1 is 1.00 bits per heavy atom. The van der Waals surface area contributed by atoms with Crippen molar-refractivity contribution in [3.8, 4) is 0 Å². The van der Waals surface area contributed by atoms with Crippen LogP contribution in [0.5, 0.6) is 0 Å². The Morgan fingerprint density at radius 3 is 1.50 bits per heavy atom. The van der Waals surface area contributed by atoms with Crippen molar-refractivity contribution < 1.29 is 18.9 Å². The molecule has 0 aromatic carbocycles. The van der Waals surface area contributed by atoms with Crippen molar-refractivity contribution in [2.75, 3.05) is 0 Å². The first kappa shape index (κ1) is 13.2. The van der Waals surface area contributed by atoms with E-state index in [4.69, 9.17) is 0 Å². The van der Waals surface area contributed by atoms with E-state index in [1.807, 2.05) is 0 Å². The number of rotatable bonds is 4. The minimum absolute atomic E-state index is 0. The summed E-state index contributed by atoms with van der Waals surface area (Å²) in [6.45, 7) is 9.05. The molecule has 0 amide bonds. The van der Waals surface area contributed by atoms with Gasteiger partial charge in [0.25, 0.3) is 0 Å². The summed E-state index contributed by atoms with van der Waals surface area (Å²) in [6, 6.07) is 0. The Balaban J connectivity index is 0. The maximum Gasteiger partial charge on any atom is 1.00 e. The molecule has 0 nitrogen and oxygen atoms in total. The third-order valence-corrected chi connectivity index (χ3v) is 1.94. The van der Waals surface area contributed by atoms with Crippen LogP contribution in [0.1, 0.15) is 40.5 Å². The van der Waals surface area contributed by atoms with Gasteiger partial charge in [-0.3, -0.25) is 0 Å². The van der Waals surface area contributed by atoms with Gasteiger partial charge in [-0.05, 0) is 0 Å². The second kappa shape index (κ2) is 7.70. The summed E-state index contributed by atoms with van der Waals surface area (Å²) in [7, 11) is 0. The Bertz CT molecular complexity index is 53.7. The van der Waals surface area contributed by atoms with E-state index >= 15 is 0 Å². The molecular formula is C9H19Li. The Morgan fingerprint density at radius 2 is 1.30 bits per heavy atom. The molecule has 0 aromatic heterocycles. The van der Waals surface area contributed by atoms with Crippen molar-refractivity contribution in [1.29, 1.82) is 0 Å². The molecule has 0 saturated carbocycles. The molecule has 0 saturated heterocycles. The first-order valence-corrected chi connectivity index (χ1v) is 4.05. The molecule has 0 aliphatic heterocycles. The maximum absolute atomic E-state index is 2.44. The van der Waals surface area contributed by atoms with E-state index in [1.165, 1.54) is 12.8 Å². The number of hydrogen-bond donors (Lipinski definition) is 0. The molecule has 0 heterocycles. The van der Waals surface area contributed by atoms with Gasteiger partial charge in [-0.1, -0.05) is 40.5 Å².